The van der Waals surface area contributed by atoms with Gasteiger partial charge in [-0.2, -0.15) is 0 Å². The number of carbonyl (C=O) groups excluding carboxylic acids is 1. The summed E-state index contributed by atoms with van der Waals surface area (Å²) in [5, 5.41) is 0.707. The molecule has 0 aliphatic heterocycles. The van der Waals surface area contributed by atoms with Gasteiger partial charge in [0.15, 0.2) is 0 Å². The van der Waals surface area contributed by atoms with Crippen LogP contribution in [0, 0.1) is 5.92 Å². The number of rotatable bonds is 2. The predicted octanol–water partition coefficient (Wildman–Crippen LogP) is 2.64. The molecule has 0 amide bonds. The Morgan fingerprint density at radius 3 is 3.00 bits per heavy atom. The molecule has 0 spiro atoms. The van der Waals surface area contributed by atoms with Crippen LogP contribution in [0.3, 0.4) is 0 Å². The quantitative estimate of drug-likeness (QED) is 0.641. The second kappa shape index (κ2) is 4.47. The van der Waals surface area contributed by atoms with Crippen molar-refractivity contribution in [2.45, 2.75) is 20.3 Å². The Morgan fingerprint density at radius 1 is 1.77 bits per heavy atom. The van der Waals surface area contributed by atoms with Crippen LogP contribution in [0.5, 0.6) is 0 Å². The summed E-state index contributed by atoms with van der Waals surface area (Å²) in [4.78, 5) is 11.4. The molecule has 0 aromatic heterocycles. The number of esters is 1. The number of hydrogen-bond donors (Lipinski definition) is 0. The highest BCUT2D eigenvalue weighted by Gasteiger charge is 2.22. The number of allylic oxidation sites excluding steroid dienone is 3. The molecular formula is C10H13ClO2. The van der Waals surface area contributed by atoms with Crippen LogP contribution in [0.1, 0.15) is 20.3 Å². The molecular weight excluding hydrogens is 188 g/mol. The smallest absolute Gasteiger partial charge is 0.313 e. The van der Waals surface area contributed by atoms with Crippen LogP contribution in [-0.4, -0.2) is 12.6 Å². The van der Waals surface area contributed by atoms with Gasteiger partial charge in [0.25, 0.3) is 0 Å². The first-order valence-corrected chi connectivity index (χ1v) is 4.73. The molecule has 0 saturated carbocycles. The van der Waals surface area contributed by atoms with E-state index in [0.717, 1.165) is 5.57 Å². The zero-order valence-electron chi connectivity index (χ0n) is 7.84. The molecule has 0 aromatic carbocycles. The van der Waals surface area contributed by atoms with E-state index in [4.69, 9.17) is 16.3 Å². The van der Waals surface area contributed by atoms with Crippen LogP contribution < -0.4 is 0 Å². The maximum absolute atomic E-state index is 11.4. The van der Waals surface area contributed by atoms with Crippen molar-refractivity contribution in [3.63, 3.8) is 0 Å². The SMILES string of the molecule is CCOC(=O)C1CC=C(Cl)C=C1C. The topological polar surface area (TPSA) is 26.3 Å². The van der Waals surface area contributed by atoms with Crippen molar-refractivity contribution >= 4 is 17.6 Å². The van der Waals surface area contributed by atoms with Crippen molar-refractivity contribution in [2.24, 2.45) is 5.92 Å². The van der Waals surface area contributed by atoms with Crippen LogP contribution in [0.25, 0.3) is 0 Å². The van der Waals surface area contributed by atoms with E-state index in [1.54, 1.807) is 0 Å². The van der Waals surface area contributed by atoms with Crippen LogP contribution in [-0.2, 0) is 9.53 Å². The van der Waals surface area contributed by atoms with Gasteiger partial charge in [-0.15, -0.1) is 0 Å². The lowest BCUT2D eigenvalue weighted by Crippen LogP contribution is -2.19. The maximum Gasteiger partial charge on any atom is 0.313 e. The Bertz CT molecular complexity index is 266. The standard InChI is InChI=1S/C10H13ClO2/c1-3-13-10(12)9-5-4-8(11)6-7(9)2/h4,6,9H,3,5H2,1-2H3. The first-order chi connectivity index (χ1) is 6.15. The van der Waals surface area contributed by atoms with Crippen LogP contribution in [0.15, 0.2) is 22.8 Å². The zero-order valence-corrected chi connectivity index (χ0v) is 8.60. The zero-order chi connectivity index (χ0) is 9.84. The van der Waals surface area contributed by atoms with Gasteiger partial charge in [-0.1, -0.05) is 23.3 Å². The number of halogens is 1. The molecule has 1 rings (SSSR count). The lowest BCUT2D eigenvalue weighted by Gasteiger charge is -2.17. The number of ether oxygens (including phenoxy) is 1. The predicted molar refractivity (Wildman–Crippen MR) is 52.4 cm³/mol. The van der Waals surface area contributed by atoms with E-state index in [2.05, 4.69) is 0 Å². The normalized spacial score (nSPS) is 21.9. The minimum Gasteiger partial charge on any atom is -0.466 e. The van der Waals surface area contributed by atoms with E-state index >= 15 is 0 Å². The van der Waals surface area contributed by atoms with Crippen LogP contribution in [0.2, 0.25) is 0 Å². The first-order valence-electron chi connectivity index (χ1n) is 4.35. The molecule has 2 nitrogen and oxygen atoms in total. The maximum atomic E-state index is 11.4. The van der Waals surface area contributed by atoms with Crippen molar-refractivity contribution < 1.29 is 9.53 Å². The van der Waals surface area contributed by atoms with Crippen LogP contribution in [0.4, 0.5) is 0 Å². The lowest BCUT2D eigenvalue weighted by molar-refractivity contribution is -0.146. The molecule has 1 aliphatic carbocycles. The molecule has 0 heterocycles. The summed E-state index contributed by atoms with van der Waals surface area (Å²) >= 11 is 5.79. The molecule has 3 heteroatoms. The van der Waals surface area contributed by atoms with Gasteiger partial charge < -0.3 is 4.74 Å². The lowest BCUT2D eigenvalue weighted by atomic mass is 9.93. The fraction of sp³-hybridized carbons (Fsp3) is 0.500. The highest BCUT2D eigenvalue weighted by molar-refractivity contribution is 6.31. The summed E-state index contributed by atoms with van der Waals surface area (Å²) in [6.07, 6.45) is 4.31. The van der Waals surface area contributed by atoms with Crippen molar-refractivity contribution in [3.8, 4) is 0 Å². The minimum absolute atomic E-state index is 0.137. The average Bonchev–Trinajstić information content (AvgIpc) is 2.04. The summed E-state index contributed by atoms with van der Waals surface area (Å²) in [5.74, 6) is -0.292. The van der Waals surface area contributed by atoms with Crippen molar-refractivity contribution in [3.05, 3.63) is 22.8 Å². The third-order valence-corrected chi connectivity index (χ3v) is 2.30. The van der Waals surface area contributed by atoms with Gasteiger partial charge in [-0.3, -0.25) is 4.79 Å². The summed E-state index contributed by atoms with van der Waals surface area (Å²) in [6, 6.07) is 0. The van der Waals surface area contributed by atoms with E-state index in [1.807, 2.05) is 26.0 Å². The third-order valence-electron chi connectivity index (χ3n) is 2.03. The Labute approximate surface area is 83.2 Å². The second-order valence-corrected chi connectivity index (χ2v) is 3.45. The molecule has 1 unspecified atom stereocenters. The third kappa shape index (κ3) is 2.59. The Kier molecular flexibility index (Phi) is 3.55. The highest BCUT2D eigenvalue weighted by atomic mass is 35.5. The van der Waals surface area contributed by atoms with Gasteiger partial charge in [-0.05, 0) is 26.3 Å². The van der Waals surface area contributed by atoms with Crippen molar-refractivity contribution in [2.75, 3.05) is 6.61 Å². The average molecular weight is 201 g/mol. The molecule has 1 atom stereocenters. The van der Waals surface area contributed by atoms with E-state index in [-0.39, 0.29) is 11.9 Å². The highest BCUT2D eigenvalue weighted by Crippen LogP contribution is 2.26. The van der Waals surface area contributed by atoms with Gasteiger partial charge in [-0.25, -0.2) is 0 Å². The molecule has 1 aliphatic rings. The Balaban J connectivity index is 2.65. The summed E-state index contributed by atoms with van der Waals surface area (Å²) < 4.78 is 4.93. The second-order valence-electron chi connectivity index (χ2n) is 3.02. The number of hydrogen-bond acceptors (Lipinski definition) is 2. The molecule has 0 fully saturated rings. The van der Waals surface area contributed by atoms with Gasteiger partial charge in [0.05, 0.1) is 12.5 Å². The molecule has 0 aromatic rings. The van der Waals surface area contributed by atoms with Gasteiger partial charge in [0.1, 0.15) is 0 Å². The van der Waals surface area contributed by atoms with E-state index in [0.29, 0.717) is 18.1 Å². The summed E-state index contributed by atoms with van der Waals surface area (Å²) in [6.45, 7) is 4.14. The Morgan fingerprint density at radius 2 is 2.46 bits per heavy atom. The van der Waals surface area contributed by atoms with Gasteiger partial charge in [0.2, 0.25) is 0 Å². The molecule has 0 radical (unpaired) electrons. The number of carbonyl (C=O) groups is 1. The summed E-state index contributed by atoms with van der Waals surface area (Å²) in [7, 11) is 0. The molecule has 0 saturated heterocycles. The van der Waals surface area contributed by atoms with E-state index in [9.17, 15) is 4.79 Å². The fourth-order valence-corrected chi connectivity index (χ4v) is 1.58. The van der Waals surface area contributed by atoms with E-state index in [1.165, 1.54) is 0 Å². The summed E-state index contributed by atoms with van der Waals surface area (Å²) in [5.41, 5.74) is 0.978. The largest absolute Gasteiger partial charge is 0.466 e. The van der Waals surface area contributed by atoms with Crippen molar-refractivity contribution in [1.82, 2.24) is 0 Å². The molecule has 0 bridgehead atoms. The van der Waals surface area contributed by atoms with Crippen molar-refractivity contribution in [1.29, 1.82) is 0 Å². The fourth-order valence-electron chi connectivity index (χ4n) is 1.32. The first kappa shape index (κ1) is 10.3. The molecule has 0 N–H and O–H groups in total. The molecule has 13 heavy (non-hydrogen) atoms. The van der Waals surface area contributed by atoms with Gasteiger partial charge >= 0.3 is 5.97 Å². The minimum atomic E-state index is -0.156. The monoisotopic (exact) mass is 200 g/mol. The Hall–Kier alpha value is -0.760. The van der Waals surface area contributed by atoms with Gasteiger partial charge in [0, 0.05) is 5.03 Å². The molecule has 72 valence electrons. The van der Waals surface area contributed by atoms with Crippen LogP contribution >= 0.6 is 11.6 Å². The van der Waals surface area contributed by atoms with E-state index < -0.39 is 0 Å².